The minimum absolute atomic E-state index is 0.120. The van der Waals surface area contributed by atoms with Crippen LogP contribution in [0.2, 0.25) is 0 Å². The number of carbonyl (C=O) groups is 3. The summed E-state index contributed by atoms with van der Waals surface area (Å²) in [5.41, 5.74) is 2.93. The lowest BCUT2D eigenvalue weighted by molar-refractivity contribution is -0.384. The largest absolute Gasteiger partial charge is 0.358 e. The van der Waals surface area contributed by atoms with E-state index < -0.39 is 40.7 Å². The maximum atomic E-state index is 13.9. The highest BCUT2D eigenvalue weighted by molar-refractivity contribution is 6.25. The summed E-state index contributed by atoms with van der Waals surface area (Å²) in [7, 11) is 0. The van der Waals surface area contributed by atoms with Gasteiger partial charge in [-0.3, -0.25) is 24.5 Å². The zero-order valence-corrected chi connectivity index (χ0v) is 19.3. The number of carbonyl (C=O) groups excluding carboxylic acids is 3. The molecule has 2 fully saturated rings. The number of anilines is 1. The molecule has 6 rings (SSSR count). The number of Topliss-reactive ketones (excluding diaryl/α,β-unsaturated/α-hetero) is 1. The van der Waals surface area contributed by atoms with Crippen LogP contribution < -0.4 is 4.90 Å². The topological polar surface area (TPSA) is 101 Å². The number of amides is 2. The molecule has 178 valence electrons. The van der Waals surface area contributed by atoms with E-state index in [-0.39, 0.29) is 11.5 Å². The van der Waals surface area contributed by atoms with Crippen molar-refractivity contribution in [3.05, 3.63) is 111 Å². The molecule has 0 aliphatic carbocycles. The molecule has 2 amide bonds. The third kappa shape index (κ3) is 3.04. The summed E-state index contributed by atoms with van der Waals surface area (Å²) in [6, 6.07) is 19.2. The van der Waals surface area contributed by atoms with Crippen molar-refractivity contribution in [2.75, 3.05) is 4.90 Å². The van der Waals surface area contributed by atoms with Crippen LogP contribution in [0, 0.1) is 28.9 Å². The number of imide groups is 1. The molecule has 3 aliphatic heterocycles. The predicted octanol–water partition coefficient (Wildman–Crippen LogP) is 4.30. The van der Waals surface area contributed by atoms with E-state index in [4.69, 9.17) is 0 Å². The van der Waals surface area contributed by atoms with Gasteiger partial charge >= 0.3 is 0 Å². The Hall–Kier alpha value is -4.59. The maximum absolute atomic E-state index is 13.9. The number of hydrogen-bond donors (Lipinski definition) is 0. The van der Waals surface area contributed by atoms with Crippen LogP contribution in [-0.4, -0.2) is 33.5 Å². The summed E-state index contributed by atoms with van der Waals surface area (Å²) in [6.45, 7) is 1.63. The van der Waals surface area contributed by atoms with Gasteiger partial charge in [0.1, 0.15) is 6.04 Å². The molecule has 0 N–H and O–H groups in total. The van der Waals surface area contributed by atoms with Crippen LogP contribution in [0.4, 0.5) is 11.4 Å². The quantitative estimate of drug-likeness (QED) is 0.239. The molecule has 0 saturated carbocycles. The SMILES string of the molecule is Cc1cc([N+](=O)[O-])ccc1N1C(=O)[C@@H]2[C@@H](C1=O)[C@H]1c3ccccc3C=CN1[C@@H]2C(=O)c1ccccc1. The van der Waals surface area contributed by atoms with Crippen molar-refractivity contribution >= 4 is 35.0 Å². The lowest BCUT2D eigenvalue weighted by Gasteiger charge is -2.35. The molecule has 2 saturated heterocycles. The van der Waals surface area contributed by atoms with Crippen molar-refractivity contribution in [2.24, 2.45) is 11.8 Å². The van der Waals surface area contributed by atoms with Crippen LogP contribution in [-0.2, 0) is 9.59 Å². The van der Waals surface area contributed by atoms with Crippen LogP contribution in [0.15, 0.2) is 79.0 Å². The smallest absolute Gasteiger partial charge is 0.269 e. The number of hydrogen-bond acceptors (Lipinski definition) is 6. The van der Waals surface area contributed by atoms with Gasteiger partial charge in [-0.15, -0.1) is 0 Å². The Morgan fingerprint density at radius 3 is 2.33 bits per heavy atom. The number of nitro groups is 1. The van der Waals surface area contributed by atoms with Gasteiger partial charge in [-0.1, -0.05) is 54.6 Å². The normalized spacial score (nSPS) is 23.9. The van der Waals surface area contributed by atoms with Crippen molar-refractivity contribution in [1.29, 1.82) is 0 Å². The van der Waals surface area contributed by atoms with Crippen LogP contribution in [0.3, 0.4) is 0 Å². The maximum Gasteiger partial charge on any atom is 0.269 e. The fourth-order valence-corrected chi connectivity index (χ4v) is 5.87. The molecule has 4 atom stereocenters. The Bertz CT molecular complexity index is 1480. The van der Waals surface area contributed by atoms with Crippen LogP contribution >= 0.6 is 0 Å². The first-order valence-corrected chi connectivity index (χ1v) is 11.6. The number of benzene rings is 3. The van der Waals surface area contributed by atoms with Gasteiger partial charge in [0, 0.05) is 23.9 Å². The summed E-state index contributed by atoms with van der Waals surface area (Å²) < 4.78 is 0. The van der Waals surface area contributed by atoms with Crippen molar-refractivity contribution in [3.8, 4) is 0 Å². The highest BCUT2D eigenvalue weighted by Crippen LogP contribution is 2.54. The first-order valence-electron chi connectivity index (χ1n) is 11.6. The summed E-state index contributed by atoms with van der Waals surface area (Å²) in [4.78, 5) is 55.4. The number of non-ortho nitro benzene ring substituents is 1. The Morgan fingerprint density at radius 1 is 0.917 bits per heavy atom. The van der Waals surface area contributed by atoms with Gasteiger partial charge in [-0.25, -0.2) is 4.90 Å². The molecule has 0 aromatic heterocycles. The Labute approximate surface area is 206 Å². The Balaban J connectivity index is 1.49. The molecule has 0 bridgehead atoms. The Kier molecular flexibility index (Phi) is 4.86. The number of ketones is 1. The van der Waals surface area contributed by atoms with Crippen molar-refractivity contribution in [3.63, 3.8) is 0 Å². The second kappa shape index (κ2) is 7.98. The predicted molar refractivity (Wildman–Crippen MR) is 132 cm³/mol. The fourth-order valence-electron chi connectivity index (χ4n) is 5.87. The van der Waals surface area contributed by atoms with E-state index in [9.17, 15) is 24.5 Å². The van der Waals surface area contributed by atoms with Gasteiger partial charge in [0.25, 0.3) is 5.69 Å². The average Bonchev–Trinajstić information content (AvgIpc) is 3.36. The number of aryl methyl sites for hydroxylation is 1. The summed E-state index contributed by atoms with van der Waals surface area (Å²) >= 11 is 0. The third-order valence-corrected chi connectivity index (χ3v) is 7.42. The summed E-state index contributed by atoms with van der Waals surface area (Å²) in [5.74, 6) is -2.74. The monoisotopic (exact) mass is 479 g/mol. The van der Waals surface area contributed by atoms with E-state index in [0.717, 1.165) is 16.0 Å². The molecule has 8 heteroatoms. The second-order valence-corrected chi connectivity index (χ2v) is 9.30. The highest BCUT2D eigenvalue weighted by atomic mass is 16.6. The van der Waals surface area contributed by atoms with Crippen LogP contribution in [0.25, 0.3) is 6.08 Å². The van der Waals surface area contributed by atoms with E-state index >= 15 is 0 Å². The van der Waals surface area contributed by atoms with Gasteiger partial charge in [-0.05, 0) is 35.8 Å². The van der Waals surface area contributed by atoms with Crippen molar-refractivity contribution in [1.82, 2.24) is 4.90 Å². The summed E-state index contributed by atoms with van der Waals surface area (Å²) in [5, 5.41) is 11.2. The number of nitrogens with zero attached hydrogens (tertiary/aromatic N) is 3. The second-order valence-electron chi connectivity index (χ2n) is 9.30. The molecule has 3 heterocycles. The van der Waals surface area contributed by atoms with Crippen LogP contribution in [0.5, 0.6) is 0 Å². The van der Waals surface area contributed by atoms with E-state index in [1.165, 1.54) is 18.2 Å². The van der Waals surface area contributed by atoms with Gasteiger partial charge in [0.05, 0.1) is 28.5 Å². The average molecular weight is 479 g/mol. The van der Waals surface area contributed by atoms with Crippen molar-refractivity contribution < 1.29 is 19.3 Å². The molecular weight excluding hydrogens is 458 g/mol. The molecule has 3 aromatic carbocycles. The lowest BCUT2D eigenvalue weighted by Crippen LogP contribution is -2.44. The lowest BCUT2D eigenvalue weighted by atomic mass is 9.83. The number of rotatable bonds is 4. The molecule has 0 radical (unpaired) electrons. The summed E-state index contributed by atoms with van der Waals surface area (Å²) in [6.07, 6.45) is 3.73. The van der Waals surface area contributed by atoms with Gasteiger partial charge in [-0.2, -0.15) is 0 Å². The van der Waals surface area contributed by atoms with E-state index in [1.54, 1.807) is 31.2 Å². The standard InChI is InChI=1S/C28H21N3O5/c1-16-15-19(31(35)36)11-12-21(16)30-27(33)22-23(28(30)34)25(26(32)18-8-3-2-4-9-18)29-14-13-17-7-5-6-10-20(17)24(22)29/h2-15,22-25H,1H3/t22-,23-,24-,25+/m1/s1. The minimum atomic E-state index is -0.888. The minimum Gasteiger partial charge on any atom is -0.358 e. The third-order valence-electron chi connectivity index (χ3n) is 7.42. The Morgan fingerprint density at radius 2 is 1.61 bits per heavy atom. The number of nitro benzene ring substituents is 1. The molecule has 3 aromatic rings. The van der Waals surface area contributed by atoms with E-state index in [0.29, 0.717) is 16.8 Å². The molecule has 0 unspecified atom stereocenters. The van der Waals surface area contributed by atoms with E-state index in [1.807, 2.05) is 47.5 Å². The van der Waals surface area contributed by atoms with Crippen LogP contribution in [0.1, 0.15) is 33.1 Å². The molecular formula is C28H21N3O5. The molecule has 3 aliphatic rings. The highest BCUT2D eigenvalue weighted by Gasteiger charge is 2.64. The zero-order chi connectivity index (χ0) is 25.1. The van der Waals surface area contributed by atoms with Gasteiger partial charge < -0.3 is 4.90 Å². The first-order chi connectivity index (χ1) is 17.4. The van der Waals surface area contributed by atoms with Gasteiger partial charge in [0.2, 0.25) is 11.8 Å². The first kappa shape index (κ1) is 21.9. The fraction of sp³-hybridized carbons (Fsp3) is 0.179. The van der Waals surface area contributed by atoms with Crippen molar-refractivity contribution in [2.45, 2.75) is 19.0 Å². The van der Waals surface area contributed by atoms with E-state index in [2.05, 4.69) is 0 Å². The van der Waals surface area contributed by atoms with Gasteiger partial charge in [0.15, 0.2) is 5.78 Å². The molecule has 0 spiro atoms. The number of fused-ring (bicyclic) bond motifs is 5. The molecule has 8 nitrogen and oxygen atoms in total. The zero-order valence-electron chi connectivity index (χ0n) is 19.3. The molecule has 36 heavy (non-hydrogen) atoms.